The minimum absolute atomic E-state index is 0.435. The van der Waals surface area contributed by atoms with Crippen LogP contribution in [-0.2, 0) is 0 Å². The largest absolute Gasteiger partial charge is 0.309 e. The maximum Gasteiger partial charge on any atom is 0.0541 e. The van der Waals surface area contributed by atoms with Crippen LogP contribution in [0.15, 0.2) is 133 Å². The fourth-order valence-electron chi connectivity index (χ4n) is 8.26. The van der Waals surface area contributed by atoms with Crippen molar-refractivity contribution < 1.29 is 0 Å². The van der Waals surface area contributed by atoms with Crippen LogP contribution in [0.5, 0.6) is 0 Å². The van der Waals surface area contributed by atoms with E-state index in [-0.39, 0.29) is 0 Å². The summed E-state index contributed by atoms with van der Waals surface area (Å²) in [5.41, 5.74) is 13.1. The van der Waals surface area contributed by atoms with Crippen LogP contribution in [0, 0.1) is 0 Å². The molecule has 6 aromatic carbocycles. The standard InChI is InChI=1S/C46H44N2/c1-5-15-31(3)41-29-33(47-43-21-11-7-17-37(43)38-18-8-12-22-44(38)47)25-27-35(41)36-28-26-34(30-42(36)32(4)16-6-2)48-45-23-13-9-19-39(45)40-20-10-14-24-46(40)48/h7-14,17-32H,5-6,15-16H2,1-4H3/t31-,32+. The van der Waals surface area contributed by atoms with Gasteiger partial charge in [-0.25, -0.2) is 0 Å². The number of hydrogen-bond acceptors (Lipinski definition) is 0. The molecule has 8 rings (SSSR count). The molecule has 0 aliphatic heterocycles. The van der Waals surface area contributed by atoms with Gasteiger partial charge in [0, 0.05) is 32.9 Å². The molecule has 0 fully saturated rings. The van der Waals surface area contributed by atoms with Crippen LogP contribution in [0.3, 0.4) is 0 Å². The summed E-state index contributed by atoms with van der Waals surface area (Å²) < 4.78 is 4.92. The Morgan fingerprint density at radius 1 is 0.417 bits per heavy atom. The average Bonchev–Trinajstić information content (AvgIpc) is 3.65. The van der Waals surface area contributed by atoms with Crippen LogP contribution in [0.2, 0.25) is 0 Å². The molecule has 0 amide bonds. The van der Waals surface area contributed by atoms with Gasteiger partial charge in [-0.1, -0.05) is 125 Å². The molecule has 238 valence electrons. The van der Waals surface area contributed by atoms with Gasteiger partial charge < -0.3 is 9.13 Å². The van der Waals surface area contributed by atoms with E-state index in [4.69, 9.17) is 0 Å². The number of fused-ring (bicyclic) bond motifs is 6. The molecule has 2 heterocycles. The van der Waals surface area contributed by atoms with Crippen molar-refractivity contribution in [3.05, 3.63) is 145 Å². The Morgan fingerprint density at radius 2 is 0.729 bits per heavy atom. The van der Waals surface area contributed by atoms with Crippen molar-refractivity contribution in [3.63, 3.8) is 0 Å². The van der Waals surface area contributed by atoms with E-state index in [1.54, 1.807) is 0 Å². The van der Waals surface area contributed by atoms with E-state index in [1.807, 2.05) is 0 Å². The van der Waals surface area contributed by atoms with E-state index >= 15 is 0 Å². The van der Waals surface area contributed by atoms with E-state index < -0.39 is 0 Å². The minimum Gasteiger partial charge on any atom is -0.309 e. The summed E-state index contributed by atoms with van der Waals surface area (Å²) in [5.74, 6) is 0.869. The smallest absolute Gasteiger partial charge is 0.0541 e. The Hall–Kier alpha value is -5.08. The van der Waals surface area contributed by atoms with E-state index in [1.165, 1.54) is 77.2 Å². The molecule has 0 bridgehead atoms. The summed E-state index contributed by atoms with van der Waals surface area (Å²) in [6.07, 6.45) is 4.63. The van der Waals surface area contributed by atoms with Crippen molar-refractivity contribution >= 4 is 43.6 Å². The number of benzene rings is 6. The summed E-state index contributed by atoms with van der Waals surface area (Å²) in [5, 5.41) is 5.21. The number of nitrogens with zero attached hydrogens (tertiary/aromatic N) is 2. The second-order valence-electron chi connectivity index (χ2n) is 13.7. The lowest BCUT2D eigenvalue weighted by atomic mass is 9.83. The lowest BCUT2D eigenvalue weighted by Gasteiger charge is -2.24. The third-order valence-electron chi connectivity index (χ3n) is 10.5. The van der Waals surface area contributed by atoms with Crippen molar-refractivity contribution in [2.75, 3.05) is 0 Å². The van der Waals surface area contributed by atoms with E-state index in [0.29, 0.717) is 11.8 Å². The highest BCUT2D eigenvalue weighted by atomic mass is 15.0. The molecule has 0 aliphatic rings. The highest BCUT2D eigenvalue weighted by Gasteiger charge is 2.21. The van der Waals surface area contributed by atoms with Crippen molar-refractivity contribution in [1.82, 2.24) is 9.13 Å². The predicted octanol–water partition coefficient (Wildman–Crippen LogP) is 13.4. The van der Waals surface area contributed by atoms with Gasteiger partial charge in [-0.15, -0.1) is 0 Å². The van der Waals surface area contributed by atoms with E-state index in [9.17, 15) is 0 Å². The summed E-state index contributed by atoms with van der Waals surface area (Å²) in [4.78, 5) is 0. The fraction of sp³-hybridized carbons (Fsp3) is 0.217. The molecule has 2 aromatic heterocycles. The zero-order valence-corrected chi connectivity index (χ0v) is 28.6. The Labute approximate surface area is 284 Å². The molecule has 2 atom stereocenters. The number of hydrogen-bond donors (Lipinski definition) is 0. The highest BCUT2D eigenvalue weighted by molar-refractivity contribution is 6.10. The third-order valence-corrected chi connectivity index (χ3v) is 10.5. The van der Waals surface area contributed by atoms with E-state index in [0.717, 1.165) is 25.7 Å². The first-order chi connectivity index (χ1) is 23.6. The van der Waals surface area contributed by atoms with Gasteiger partial charge in [0.2, 0.25) is 0 Å². The van der Waals surface area contributed by atoms with Crippen LogP contribution in [0.1, 0.15) is 76.3 Å². The SMILES string of the molecule is CCC[C@@H](C)c1cc(-n2c3ccccc3c3ccccc32)ccc1-c1ccc(-n2c3ccccc3c3ccccc32)cc1[C@@H](C)CCC. The predicted molar refractivity (Wildman–Crippen MR) is 207 cm³/mol. The van der Waals surface area contributed by atoms with Crippen LogP contribution in [-0.4, -0.2) is 9.13 Å². The van der Waals surface area contributed by atoms with Gasteiger partial charge in [-0.3, -0.25) is 0 Å². The van der Waals surface area contributed by atoms with Crippen molar-refractivity contribution in [1.29, 1.82) is 0 Å². The molecular formula is C46H44N2. The summed E-state index contributed by atoms with van der Waals surface area (Å²) in [6, 6.07) is 49.8. The Kier molecular flexibility index (Phi) is 7.89. The lowest BCUT2D eigenvalue weighted by molar-refractivity contribution is 0.660. The van der Waals surface area contributed by atoms with Crippen LogP contribution in [0.4, 0.5) is 0 Å². The maximum absolute atomic E-state index is 2.49. The molecular weight excluding hydrogens is 581 g/mol. The molecule has 0 saturated heterocycles. The Morgan fingerprint density at radius 3 is 1.04 bits per heavy atom. The molecule has 0 aliphatic carbocycles. The average molecular weight is 625 g/mol. The van der Waals surface area contributed by atoms with Crippen LogP contribution in [0.25, 0.3) is 66.1 Å². The molecule has 0 saturated carbocycles. The van der Waals surface area contributed by atoms with Gasteiger partial charge in [0.1, 0.15) is 0 Å². The fourth-order valence-corrected chi connectivity index (χ4v) is 8.26. The molecule has 48 heavy (non-hydrogen) atoms. The third kappa shape index (κ3) is 4.94. The summed E-state index contributed by atoms with van der Waals surface area (Å²) >= 11 is 0. The maximum atomic E-state index is 2.49. The zero-order valence-electron chi connectivity index (χ0n) is 28.6. The van der Waals surface area contributed by atoms with Crippen LogP contribution >= 0.6 is 0 Å². The van der Waals surface area contributed by atoms with Gasteiger partial charge in [0.15, 0.2) is 0 Å². The Bertz CT molecular complexity index is 2140. The van der Waals surface area contributed by atoms with Gasteiger partial charge in [-0.2, -0.15) is 0 Å². The molecule has 0 spiro atoms. The lowest BCUT2D eigenvalue weighted by Crippen LogP contribution is -2.05. The van der Waals surface area contributed by atoms with Gasteiger partial charge in [0.25, 0.3) is 0 Å². The van der Waals surface area contributed by atoms with E-state index in [2.05, 4.69) is 170 Å². The van der Waals surface area contributed by atoms with Gasteiger partial charge in [0.05, 0.1) is 22.1 Å². The highest BCUT2D eigenvalue weighted by Crippen LogP contribution is 2.42. The summed E-state index contributed by atoms with van der Waals surface area (Å²) in [7, 11) is 0. The first kappa shape index (κ1) is 30.3. The number of para-hydroxylation sites is 4. The first-order valence-corrected chi connectivity index (χ1v) is 17.8. The second kappa shape index (κ2) is 12.5. The molecule has 8 aromatic rings. The van der Waals surface area contributed by atoms with Crippen molar-refractivity contribution in [3.8, 4) is 22.5 Å². The monoisotopic (exact) mass is 624 g/mol. The van der Waals surface area contributed by atoms with Crippen molar-refractivity contribution in [2.45, 2.75) is 65.2 Å². The molecule has 0 radical (unpaired) electrons. The minimum atomic E-state index is 0.435. The summed E-state index contributed by atoms with van der Waals surface area (Å²) in [6.45, 7) is 9.45. The second-order valence-corrected chi connectivity index (χ2v) is 13.7. The molecule has 0 N–H and O–H groups in total. The molecule has 0 unspecified atom stereocenters. The molecule has 2 nitrogen and oxygen atoms in total. The van der Waals surface area contributed by atoms with Crippen LogP contribution < -0.4 is 0 Å². The Balaban J connectivity index is 1.35. The zero-order chi connectivity index (χ0) is 32.8. The first-order valence-electron chi connectivity index (χ1n) is 17.8. The number of rotatable bonds is 9. The van der Waals surface area contributed by atoms with Gasteiger partial charge in [-0.05, 0) is 95.5 Å². The van der Waals surface area contributed by atoms with Gasteiger partial charge >= 0.3 is 0 Å². The topological polar surface area (TPSA) is 9.86 Å². The normalized spacial score (nSPS) is 13.2. The molecule has 2 heteroatoms. The van der Waals surface area contributed by atoms with Crippen molar-refractivity contribution in [2.24, 2.45) is 0 Å². The number of aromatic nitrogens is 2. The quantitative estimate of drug-likeness (QED) is 0.151.